The largest absolute Gasteiger partial charge is 0.355 e. The molecule has 0 unspecified atom stereocenters. The van der Waals surface area contributed by atoms with Crippen LogP contribution in [-0.4, -0.2) is 0 Å². The van der Waals surface area contributed by atoms with Crippen molar-refractivity contribution in [1.29, 1.82) is 0 Å². The highest BCUT2D eigenvalue weighted by Gasteiger charge is 2.02. The zero-order chi connectivity index (χ0) is 38.5. The first kappa shape index (κ1) is 37.4. The number of rotatable bonds is 3. The molecule has 0 amide bonds. The van der Waals surface area contributed by atoms with Gasteiger partial charge in [0.2, 0.25) is 0 Å². The average Bonchev–Trinajstić information content (AvgIpc) is 3.25. The third-order valence-corrected chi connectivity index (χ3v) is 9.89. The molecule has 0 spiro atoms. The first-order valence-electron chi connectivity index (χ1n) is 19.3. The molecule has 0 aliphatic carbocycles. The maximum Gasteiger partial charge on any atom is 0.0463 e. The molecule has 56 heavy (non-hydrogen) atoms. The predicted molar refractivity (Wildman–Crippen MR) is 245 cm³/mol. The summed E-state index contributed by atoms with van der Waals surface area (Å²) in [5, 5.41) is 13.9. The Hall–Kier alpha value is -6.96. The topological polar surface area (TPSA) is 12.0 Å². The van der Waals surface area contributed by atoms with Gasteiger partial charge in [-0.2, -0.15) is 0 Å². The van der Waals surface area contributed by atoms with Gasteiger partial charge in [0.05, 0.1) is 0 Å². The summed E-state index contributed by atoms with van der Waals surface area (Å²) in [6.45, 7) is 6.36. The third kappa shape index (κ3) is 9.77. The molecule has 0 atom stereocenters. The molecule has 10 aromatic rings. The van der Waals surface area contributed by atoms with E-state index >= 15 is 0 Å². The van der Waals surface area contributed by atoms with Crippen LogP contribution in [0.25, 0.3) is 54.2 Å². The molecule has 0 heterocycles. The van der Waals surface area contributed by atoms with Crippen molar-refractivity contribution in [3.63, 3.8) is 0 Å². The van der Waals surface area contributed by atoms with Crippen molar-refractivity contribution in [2.24, 2.45) is 0 Å². The minimum absolute atomic E-state index is 1.12. The van der Waals surface area contributed by atoms with Crippen molar-refractivity contribution >= 4 is 54.5 Å². The van der Waals surface area contributed by atoms with Gasteiger partial charge in [0, 0.05) is 16.8 Å². The lowest BCUT2D eigenvalue weighted by Crippen LogP contribution is -1.91. The molecule has 0 bridgehead atoms. The van der Waals surface area contributed by atoms with E-state index < -0.39 is 0 Å². The molecule has 1 N–H and O–H groups in total. The van der Waals surface area contributed by atoms with Crippen LogP contribution in [0.2, 0.25) is 0 Å². The van der Waals surface area contributed by atoms with Gasteiger partial charge >= 0.3 is 0 Å². The normalized spacial score (nSPS) is 10.4. The Morgan fingerprint density at radius 3 is 1.41 bits per heavy atom. The van der Waals surface area contributed by atoms with Gasteiger partial charge in [0.25, 0.3) is 0 Å². The molecule has 272 valence electrons. The second-order valence-corrected chi connectivity index (χ2v) is 14.1. The smallest absolute Gasteiger partial charge is 0.0463 e. The molecular weight excluding hydrogens is 675 g/mol. The van der Waals surface area contributed by atoms with Crippen LogP contribution < -0.4 is 5.32 Å². The fraction of sp³-hybridized carbons (Fsp3) is 0.0545. The van der Waals surface area contributed by atoms with Crippen molar-refractivity contribution < 1.29 is 0 Å². The van der Waals surface area contributed by atoms with Crippen LogP contribution in [0.15, 0.2) is 224 Å². The number of nitrogens with one attached hydrogen (secondary N) is 1. The Bertz CT molecular complexity index is 2780. The highest BCUT2D eigenvalue weighted by molar-refractivity contribution is 5.96. The van der Waals surface area contributed by atoms with Crippen molar-refractivity contribution in [3.8, 4) is 11.1 Å². The summed E-state index contributed by atoms with van der Waals surface area (Å²) < 4.78 is 0. The Morgan fingerprint density at radius 2 is 0.750 bits per heavy atom. The second-order valence-electron chi connectivity index (χ2n) is 14.1. The predicted octanol–water partition coefficient (Wildman–Crippen LogP) is 15.7. The van der Waals surface area contributed by atoms with Gasteiger partial charge in [-0.05, 0) is 93.4 Å². The van der Waals surface area contributed by atoms with E-state index in [1.807, 2.05) is 6.07 Å². The summed E-state index contributed by atoms with van der Waals surface area (Å²) in [7, 11) is 0. The van der Waals surface area contributed by atoms with Crippen molar-refractivity contribution in [2.75, 3.05) is 5.32 Å². The number of fused-ring (bicyclic) bond motifs is 4. The van der Waals surface area contributed by atoms with Crippen LogP contribution in [0, 0.1) is 20.8 Å². The summed E-state index contributed by atoms with van der Waals surface area (Å²) in [6, 6.07) is 78.5. The van der Waals surface area contributed by atoms with E-state index in [2.05, 4.69) is 244 Å². The highest BCUT2D eigenvalue weighted by Crippen LogP contribution is 2.28. The van der Waals surface area contributed by atoms with E-state index in [0.717, 1.165) is 11.4 Å². The Morgan fingerprint density at radius 1 is 0.286 bits per heavy atom. The maximum atomic E-state index is 3.54. The number of anilines is 2. The molecule has 1 heteroatoms. The molecule has 0 aliphatic heterocycles. The molecule has 0 fully saturated rings. The lowest BCUT2D eigenvalue weighted by Gasteiger charge is -2.10. The standard InChI is InChI=1S/C20H15N.C13H12.2C11H10/c1-2-8-17-14-18(13-12-15(17)6-1)21-20-11-5-9-16-7-3-4-10-19(16)20;1-11-7-9-13(10-8-11)12-5-3-2-4-6-12;1-9-5-4-7-10-6-2-3-8-11(9)10;1-9-6-7-10-4-2-3-5-11(10)8-9/h1-14,21H;2-10H,1H3;2*2-8H,1H3. The molecule has 0 radical (unpaired) electrons. The van der Waals surface area contributed by atoms with Crippen molar-refractivity contribution in [2.45, 2.75) is 20.8 Å². The minimum atomic E-state index is 1.12. The zero-order valence-corrected chi connectivity index (χ0v) is 32.4. The number of hydrogen-bond donors (Lipinski definition) is 1. The van der Waals surface area contributed by atoms with E-state index in [1.165, 1.54) is 70.9 Å². The van der Waals surface area contributed by atoms with Crippen molar-refractivity contribution in [3.05, 3.63) is 241 Å². The summed E-state index contributed by atoms with van der Waals surface area (Å²) in [5.74, 6) is 0. The van der Waals surface area contributed by atoms with E-state index in [-0.39, 0.29) is 0 Å². The minimum Gasteiger partial charge on any atom is -0.355 e. The van der Waals surface area contributed by atoms with Crippen LogP contribution in [0.4, 0.5) is 11.4 Å². The summed E-state index contributed by atoms with van der Waals surface area (Å²) in [6.07, 6.45) is 0. The van der Waals surface area contributed by atoms with Gasteiger partial charge in [-0.1, -0.05) is 217 Å². The Kier molecular flexibility index (Phi) is 12.3. The van der Waals surface area contributed by atoms with Gasteiger partial charge < -0.3 is 5.32 Å². The quantitative estimate of drug-likeness (QED) is 0.192. The summed E-state index contributed by atoms with van der Waals surface area (Å²) in [5.41, 5.74) is 8.80. The van der Waals surface area contributed by atoms with Gasteiger partial charge in [-0.25, -0.2) is 0 Å². The number of hydrogen-bond acceptors (Lipinski definition) is 1. The Labute approximate surface area is 331 Å². The molecule has 0 saturated heterocycles. The molecule has 0 aliphatic rings. The van der Waals surface area contributed by atoms with E-state index in [9.17, 15) is 0 Å². The molecule has 0 saturated carbocycles. The van der Waals surface area contributed by atoms with E-state index in [4.69, 9.17) is 0 Å². The van der Waals surface area contributed by atoms with Crippen LogP contribution >= 0.6 is 0 Å². The monoisotopic (exact) mass is 721 g/mol. The maximum absolute atomic E-state index is 3.54. The van der Waals surface area contributed by atoms with Gasteiger partial charge in [-0.3, -0.25) is 0 Å². The SMILES string of the molecule is Cc1ccc(-c2ccccc2)cc1.Cc1ccc2ccccc2c1.Cc1cccc2ccccc12.c1ccc2cc(Nc3cccc4ccccc34)ccc2c1. The Balaban J connectivity index is 0.000000120. The first-order chi connectivity index (χ1) is 27.5. The molecule has 10 aromatic carbocycles. The van der Waals surface area contributed by atoms with Gasteiger partial charge in [0.15, 0.2) is 0 Å². The second kappa shape index (κ2) is 18.4. The average molecular weight is 722 g/mol. The molecular formula is C55H47N. The van der Waals surface area contributed by atoms with Crippen LogP contribution in [-0.2, 0) is 0 Å². The van der Waals surface area contributed by atoms with Crippen LogP contribution in [0.3, 0.4) is 0 Å². The molecule has 0 aromatic heterocycles. The third-order valence-electron chi connectivity index (χ3n) is 9.89. The zero-order valence-electron chi connectivity index (χ0n) is 32.4. The van der Waals surface area contributed by atoms with Crippen LogP contribution in [0.5, 0.6) is 0 Å². The number of benzene rings is 10. The summed E-state index contributed by atoms with van der Waals surface area (Å²) >= 11 is 0. The number of aryl methyl sites for hydroxylation is 3. The van der Waals surface area contributed by atoms with Gasteiger partial charge in [0.1, 0.15) is 0 Å². The van der Waals surface area contributed by atoms with E-state index in [1.54, 1.807) is 0 Å². The fourth-order valence-corrected chi connectivity index (χ4v) is 6.83. The first-order valence-corrected chi connectivity index (χ1v) is 19.3. The lowest BCUT2D eigenvalue weighted by molar-refractivity contribution is 1.47. The lowest BCUT2D eigenvalue weighted by atomic mass is 10.0. The van der Waals surface area contributed by atoms with E-state index in [0.29, 0.717) is 0 Å². The van der Waals surface area contributed by atoms with Crippen molar-refractivity contribution in [1.82, 2.24) is 0 Å². The fourth-order valence-electron chi connectivity index (χ4n) is 6.83. The van der Waals surface area contributed by atoms with Gasteiger partial charge in [-0.15, -0.1) is 0 Å². The molecule has 10 rings (SSSR count). The highest BCUT2D eigenvalue weighted by atomic mass is 14.9. The van der Waals surface area contributed by atoms with Crippen LogP contribution in [0.1, 0.15) is 16.7 Å². The molecule has 1 nitrogen and oxygen atoms in total. The summed E-state index contributed by atoms with van der Waals surface area (Å²) in [4.78, 5) is 0.